The zero-order valence-corrected chi connectivity index (χ0v) is 21.1. The van der Waals surface area contributed by atoms with E-state index in [9.17, 15) is 8.42 Å². The Morgan fingerprint density at radius 1 is 0.733 bits per heavy atom. The van der Waals surface area contributed by atoms with Crippen molar-refractivity contribution >= 4 is 9.84 Å². The molecule has 174 valence electrons. The van der Waals surface area contributed by atoms with E-state index in [4.69, 9.17) is 0 Å². The van der Waals surface area contributed by atoms with E-state index in [2.05, 4.69) is 21.0 Å². The Hall–Kier alpha value is -0.870. The highest BCUT2D eigenvalue weighted by atomic mass is 32.2. The van der Waals surface area contributed by atoms with Crippen LogP contribution in [-0.2, 0) is 9.84 Å². The Morgan fingerprint density at radius 3 is 1.77 bits per heavy atom. The summed E-state index contributed by atoms with van der Waals surface area (Å²) in [6.45, 7) is 6.59. The van der Waals surface area contributed by atoms with Crippen LogP contribution < -0.4 is 0 Å². The fourth-order valence-corrected chi connectivity index (χ4v) is 5.55. The summed E-state index contributed by atoms with van der Waals surface area (Å²) in [5.41, 5.74) is 1.00. The second-order valence-electron chi connectivity index (χ2n) is 9.76. The highest BCUT2D eigenvalue weighted by Gasteiger charge is 2.16. The molecule has 0 fully saturated rings. The molecule has 0 spiro atoms. The Labute approximate surface area is 187 Å². The van der Waals surface area contributed by atoms with Crippen molar-refractivity contribution in [3.05, 3.63) is 29.8 Å². The molecule has 4 heteroatoms. The largest absolute Gasteiger partial charge is 0.328 e. The Morgan fingerprint density at radius 2 is 1.23 bits per heavy atom. The molecule has 3 nitrogen and oxygen atoms in total. The van der Waals surface area contributed by atoms with Crippen molar-refractivity contribution < 1.29 is 12.9 Å². The molecule has 0 radical (unpaired) electrons. The predicted octanol–water partition coefficient (Wildman–Crippen LogP) is 6.94. The molecule has 0 amide bonds. The third kappa shape index (κ3) is 12.7. The van der Waals surface area contributed by atoms with Gasteiger partial charge in [-0.2, -0.15) is 0 Å². The van der Waals surface area contributed by atoms with Gasteiger partial charge in [0.2, 0.25) is 0 Å². The van der Waals surface area contributed by atoms with Crippen LogP contribution in [0, 0.1) is 6.92 Å². The molecular weight excluding hydrogens is 390 g/mol. The number of aryl methyl sites for hydroxylation is 1. The van der Waals surface area contributed by atoms with Gasteiger partial charge in [-0.3, -0.25) is 0 Å². The molecule has 1 aromatic rings. The van der Waals surface area contributed by atoms with E-state index in [-0.39, 0.29) is 5.75 Å². The summed E-state index contributed by atoms with van der Waals surface area (Å²) < 4.78 is 26.0. The number of quaternary nitrogens is 1. The van der Waals surface area contributed by atoms with Gasteiger partial charge in [0.15, 0.2) is 9.84 Å². The van der Waals surface area contributed by atoms with Crippen molar-refractivity contribution in [2.24, 2.45) is 0 Å². The van der Waals surface area contributed by atoms with E-state index in [1.54, 1.807) is 12.1 Å². The van der Waals surface area contributed by atoms with Gasteiger partial charge in [-0.05, 0) is 56.7 Å². The van der Waals surface area contributed by atoms with Gasteiger partial charge in [-0.15, -0.1) is 0 Å². The monoisotopic (exact) mass is 438 g/mol. The van der Waals surface area contributed by atoms with Crippen molar-refractivity contribution in [1.29, 1.82) is 0 Å². The standard InChI is InChI=1S/C26H48NO2S/c1-5-6-7-8-9-10-11-12-13-15-21-27(3,4)22-16-14-17-23-30(28,29)26-20-18-19-25(2)24-26/h18-20,24H,5-17,21-23H2,1-4H3/q+1. The van der Waals surface area contributed by atoms with E-state index in [1.165, 1.54) is 70.8 Å². The fraction of sp³-hybridized carbons (Fsp3) is 0.769. The zero-order chi connectivity index (χ0) is 22.3. The lowest BCUT2D eigenvalue weighted by Gasteiger charge is -2.30. The molecule has 0 aliphatic rings. The number of hydrogen-bond acceptors (Lipinski definition) is 2. The third-order valence-corrected chi connectivity index (χ3v) is 7.94. The molecule has 0 saturated carbocycles. The smallest absolute Gasteiger partial charge is 0.178 e. The van der Waals surface area contributed by atoms with Crippen molar-refractivity contribution in [3.63, 3.8) is 0 Å². The van der Waals surface area contributed by atoms with Gasteiger partial charge in [-0.1, -0.05) is 70.4 Å². The topological polar surface area (TPSA) is 34.1 Å². The molecule has 0 aliphatic carbocycles. The SMILES string of the molecule is CCCCCCCCCCCC[N+](C)(C)CCCCCS(=O)(=O)c1cccc(C)c1. The Bertz CT molecular complexity index is 667. The highest BCUT2D eigenvalue weighted by molar-refractivity contribution is 7.91. The first-order valence-corrected chi connectivity index (χ1v) is 14.0. The minimum absolute atomic E-state index is 0.266. The molecular formula is C26H48NO2S+. The maximum absolute atomic E-state index is 12.5. The summed E-state index contributed by atoms with van der Waals surface area (Å²) in [6, 6.07) is 7.26. The maximum Gasteiger partial charge on any atom is 0.178 e. The van der Waals surface area contributed by atoms with E-state index in [0.29, 0.717) is 4.90 Å². The summed E-state index contributed by atoms with van der Waals surface area (Å²) in [4.78, 5) is 0.472. The minimum atomic E-state index is -3.14. The molecule has 0 unspecified atom stereocenters. The number of benzene rings is 1. The van der Waals surface area contributed by atoms with Crippen LogP contribution in [0.1, 0.15) is 96.0 Å². The summed E-state index contributed by atoms with van der Waals surface area (Å²) in [5.74, 6) is 0.266. The highest BCUT2D eigenvalue weighted by Crippen LogP contribution is 2.16. The van der Waals surface area contributed by atoms with E-state index < -0.39 is 9.84 Å². The normalized spacial score (nSPS) is 12.4. The first kappa shape index (κ1) is 27.2. The second-order valence-corrected chi connectivity index (χ2v) is 11.9. The van der Waals surface area contributed by atoms with Crippen LogP contribution >= 0.6 is 0 Å². The van der Waals surface area contributed by atoms with E-state index in [0.717, 1.165) is 35.9 Å². The maximum atomic E-state index is 12.5. The first-order chi connectivity index (χ1) is 14.3. The molecule has 1 aromatic carbocycles. The van der Waals surface area contributed by atoms with E-state index in [1.807, 2.05) is 19.1 Å². The van der Waals surface area contributed by atoms with Crippen molar-refractivity contribution in [2.45, 2.75) is 102 Å². The summed E-state index contributed by atoms with van der Waals surface area (Å²) in [6.07, 6.45) is 16.7. The van der Waals surface area contributed by atoms with Gasteiger partial charge in [0.05, 0.1) is 37.8 Å². The Balaban J connectivity index is 2.07. The average Bonchev–Trinajstić information content (AvgIpc) is 2.69. The van der Waals surface area contributed by atoms with Crippen LogP contribution in [-0.4, -0.2) is 45.8 Å². The summed E-state index contributed by atoms with van der Waals surface area (Å²) in [7, 11) is 1.50. The third-order valence-electron chi connectivity index (χ3n) is 6.14. The van der Waals surface area contributed by atoms with Gasteiger partial charge in [0.25, 0.3) is 0 Å². The van der Waals surface area contributed by atoms with Crippen LogP contribution in [0.15, 0.2) is 29.2 Å². The van der Waals surface area contributed by atoms with Crippen LogP contribution in [0.3, 0.4) is 0 Å². The number of nitrogens with zero attached hydrogens (tertiary/aromatic N) is 1. The average molecular weight is 439 g/mol. The molecule has 0 atom stereocenters. The van der Waals surface area contributed by atoms with Gasteiger partial charge < -0.3 is 4.48 Å². The number of hydrogen-bond donors (Lipinski definition) is 0. The van der Waals surface area contributed by atoms with Crippen LogP contribution in [0.4, 0.5) is 0 Å². The number of rotatable bonds is 18. The van der Waals surface area contributed by atoms with Crippen molar-refractivity contribution in [3.8, 4) is 0 Å². The van der Waals surface area contributed by atoms with Gasteiger partial charge >= 0.3 is 0 Å². The molecule has 0 N–H and O–H groups in total. The van der Waals surface area contributed by atoms with Crippen LogP contribution in [0.2, 0.25) is 0 Å². The molecule has 0 aliphatic heterocycles. The van der Waals surface area contributed by atoms with E-state index >= 15 is 0 Å². The lowest BCUT2D eigenvalue weighted by molar-refractivity contribution is -0.890. The van der Waals surface area contributed by atoms with Crippen molar-refractivity contribution in [2.75, 3.05) is 32.9 Å². The second kappa shape index (κ2) is 15.0. The molecule has 0 aromatic heterocycles. The first-order valence-electron chi connectivity index (χ1n) is 12.4. The molecule has 0 heterocycles. The summed E-state index contributed by atoms with van der Waals surface area (Å²) >= 11 is 0. The van der Waals surface area contributed by atoms with Gasteiger partial charge in [-0.25, -0.2) is 8.42 Å². The molecule has 1 rings (SSSR count). The molecule has 0 saturated heterocycles. The zero-order valence-electron chi connectivity index (χ0n) is 20.3. The lowest BCUT2D eigenvalue weighted by atomic mass is 10.1. The fourth-order valence-electron chi connectivity index (χ4n) is 4.07. The molecule has 30 heavy (non-hydrogen) atoms. The van der Waals surface area contributed by atoms with Crippen LogP contribution in [0.5, 0.6) is 0 Å². The van der Waals surface area contributed by atoms with Gasteiger partial charge in [0.1, 0.15) is 0 Å². The predicted molar refractivity (Wildman–Crippen MR) is 131 cm³/mol. The number of sulfone groups is 1. The molecule has 0 bridgehead atoms. The quantitative estimate of drug-likeness (QED) is 0.184. The summed E-state index contributed by atoms with van der Waals surface area (Å²) in [5, 5.41) is 0. The van der Waals surface area contributed by atoms with Crippen molar-refractivity contribution in [1.82, 2.24) is 0 Å². The van der Waals surface area contributed by atoms with Crippen LogP contribution in [0.25, 0.3) is 0 Å². The minimum Gasteiger partial charge on any atom is -0.328 e. The van der Waals surface area contributed by atoms with Gasteiger partial charge in [0, 0.05) is 0 Å². The lowest BCUT2D eigenvalue weighted by Crippen LogP contribution is -2.41. The Kier molecular flexibility index (Phi) is 13.6. The number of unbranched alkanes of at least 4 members (excludes halogenated alkanes) is 11.